The van der Waals surface area contributed by atoms with Gasteiger partial charge in [-0.2, -0.15) is 23.3 Å². The molecule has 1 fully saturated rings. The largest absolute Gasteiger partial charge is 0.422 e. The molecule has 0 amide bonds. The lowest BCUT2D eigenvalue weighted by atomic mass is 10.1. The molecule has 3 N–H and O–H groups in total. The molecule has 10 heteroatoms. The van der Waals surface area contributed by atoms with Crippen LogP contribution in [0.2, 0.25) is 5.15 Å². The summed E-state index contributed by atoms with van der Waals surface area (Å²) in [5, 5.41) is 6.57. The number of alkyl halides is 3. The second-order valence-electron chi connectivity index (χ2n) is 4.93. The number of anilines is 2. The summed E-state index contributed by atoms with van der Waals surface area (Å²) < 4.78 is 41.7. The van der Waals surface area contributed by atoms with Crippen molar-refractivity contribution >= 4 is 23.4 Å². The Labute approximate surface area is 128 Å². The molecule has 3 rings (SSSR count). The summed E-state index contributed by atoms with van der Waals surface area (Å²) in [6.45, 7) is 0. The number of hydrogen-bond donors (Lipinski definition) is 2. The molecule has 0 saturated heterocycles. The molecule has 2 heterocycles. The molecule has 1 saturated carbocycles. The van der Waals surface area contributed by atoms with Gasteiger partial charge in [-0.05, 0) is 12.8 Å². The monoisotopic (exact) mass is 332 g/mol. The van der Waals surface area contributed by atoms with E-state index in [0.717, 1.165) is 12.8 Å². The average Bonchev–Trinajstić information content (AvgIpc) is 3.19. The highest BCUT2D eigenvalue weighted by Gasteiger charge is 2.40. The van der Waals surface area contributed by atoms with Crippen molar-refractivity contribution in [3.8, 4) is 11.3 Å². The van der Waals surface area contributed by atoms with Crippen molar-refractivity contribution in [1.29, 1.82) is 0 Å². The highest BCUT2D eigenvalue weighted by Crippen LogP contribution is 2.44. The van der Waals surface area contributed by atoms with Gasteiger partial charge in [0.2, 0.25) is 5.95 Å². The topological polar surface area (TPSA) is 81.7 Å². The van der Waals surface area contributed by atoms with E-state index in [1.54, 1.807) is 0 Å². The van der Waals surface area contributed by atoms with Crippen LogP contribution in [0.5, 0.6) is 0 Å². The Kier molecular flexibility index (Phi) is 3.39. The smallest absolute Gasteiger partial charge is 0.372 e. The van der Waals surface area contributed by atoms with Crippen molar-refractivity contribution in [1.82, 2.24) is 19.7 Å². The minimum atomic E-state index is -4.66. The molecule has 2 aromatic rings. The van der Waals surface area contributed by atoms with Crippen molar-refractivity contribution in [2.75, 3.05) is 18.1 Å². The zero-order chi connectivity index (χ0) is 16.1. The summed E-state index contributed by atoms with van der Waals surface area (Å²) in [6.07, 6.45) is -1.58. The predicted molar refractivity (Wildman–Crippen MR) is 75.5 cm³/mol. The van der Waals surface area contributed by atoms with Gasteiger partial charge in [-0.15, -0.1) is 0 Å². The fourth-order valence-corrected chi connectivity index (χ4v) is 2.52. The molecule has 0 bridgehead atoms. The number of hydrogen-bond acceptors (Lipinski definition) is 5. The number of aromatic nitrogens is 4. The first-order chi connectivity index (χ1) is 10.3. The maximum Gasteiger partial charge on any atom is 0.422 e. The molecule has 1 aliphatic rings. The zero-order valence-corrected chi connectivity index (χ0v) is 12.2. The summed E-state index contributed by atoms with van der Waals surface area (Å²) in [5.74, 6) is -0.673. The fourth-order valence-electron chi connectivity index (χ4n) is 2.20. The lowest BCUT2D eigenvalue weighted by Crippen LogP contribution is -2.15. The molecule has 0 unspecified atom stereocenters. The molecule has 118 valence electrons. The number of nitrogens with zero attached hydrogens (tertiary/aromatic N) is 4. The molecule has 2 aromatic heterocycles. The van der Waals surface area contributed by atoms with Gasteiger partial charge >= 0.3 is 6.18 Å². The zero-order valence-electron chi connectivity index (χ0n) is 11.4. The van der Waals surface area contributed by atoms with E-state index < -0.39 is 17.6 Å². The van der Waals surface area contributed by atoms with Crippen LogP contribution in [0.4, 0.5) is 24.9 Å². The Morgan fingerprint density at radius 1 is 1.36 bits per heavy atom. The molecule has 6 nitrogen and oxygen atoms in total. The third kappa shape index (κ3) is 2.45. The Bertz CT molecular complexity index is 722. The first-order valence-corrected chi connectivity index (χ1v) is 6.86. The van der Waals surface area contributed by atoms with Gasteiger partial charge in [-0.25, -0.2) is 4.98 Å². The minimum Gasteiger partial charge on any atom is -0.372 e. The van der Waals surface area contributed by atoms with Gasteiger partial charge in [-0.3, -0.25) is 4.68 Å². The summed E-state index contributed by atoms with van der Waals surface area (Å²) in [6, 6.07) is 0.138. The van der Waals surface area contributed by atoms with E-state index in [0.29, 0.717) is 0 Å². The number of nitrogens with two attached hydrogens (primary N) is 1. The summed E-state index contributed by atoms with van der Waals surface area (Å²) in [4.78, 5) is 7.33. The molecule has 22 heavy (non-hydrogen) atoms. The average molecular weight is 333 g/mol. The van der Waals surface area contributed by atoms with Gasteiger partial charge in [-0.1, -0.05) is 11.6 Å². The molecular weight excluding hydrogens is 321 g/mol. The van der Waals surface area contributed by atoms with E-state index in [9.17, 15) is 13.2 Å². The molecule has 1 aliphatic carbocycles. The first kappa shape index (κ1) is 14.9. The van der Waals surface area contributed by atoms with E-state index in [4.69, 9.17) is 17.3 Å². The van der Waals surface area contributed by atoms with Crippen molar-refractivity contribution < 1.29 is 13.2 Å². The van der Waals surface area contributed by atoms with Gasteiger partial charge in [0.15, 0.2) is 0 Å². The second kappa shape index (κ2) is 5.01. The van der Waals surface area contributed by atoms with Crippen molar-refractivity contribution in [2.24, 2.45) is 0 Å². The van der Waals surface area contributed by atoms with Crippen LogP contribution in [0, 0.1) is 0 Å². The van der Waals surface area contributed by atoms with Crippen molar-refractivity contribution in [3.05, 3.63) is 16.9 Å². The maximum atomic E-state index is 13.4. The third-order valence-corrected chi connectivity index (χ3v) is 3.71. The molecule has 0 spiro atoms. The lowest BCUT2D eigenvalue weighted by molar-refractivity contribution is -0.136. The quantitative estimate of drug-likeness (QED) is 0.903. The Hall–Kier alpha value is -2.03. The van der Waals surface area contributed by atoms with E-state index in [2.05, 4.69) is 20.4 Å². The van der Waals surface area contributed by atoms with Crippen LogP contribution in [0.1, 0.15) is 24.4 Å². The van der Waals surface area contributed by atoms with Gasteiger partial charge in [0, 0.05) is 7.05 Å². The highest BCUT2D eigenvalue weighted by molar-refractivity contribution is 6.32. The molecular formula is C12H12ClF3N6. The summed E-state index contributed by atoms with van der Waals surface area (Å²) in [7, 11) is 1.33. The summed E-state index contributed by atoms with van der Waals surface area (Å²) >= 11 is 6.18. The van der Waals surface area contributed by atoms with Crippen LogP contribution < -0.4 is 11.1 Å². The van der Waals surface area contributed by atoms with Gasteiger partial charge in [0.25, 0.3) is 0 Å². The van der Waals surface area contributed by atoms with Crippen molar-refractivity contribution in [2.45, 2.75) is 25.1 Å². The van der Waals surface area contributed by atoms with Crippen LogP contribution in [0.25, 0.3) is 11.3 Å². The van der Waals surface area contributed by atoms with E-state index >= 15 is 0 Å². The number of nitrogen functional groups attached to an aromatic ring is 1. The SMILES string of the molecule is CNc1nc(N)nc(-c2cnn(C3CC3)c2Cl)c1C(F)(F)F. The van der Waals surface area contributed by atoms with E-state index in [1.807, 2.05) is 0 Å². The maximum absolute atomic E-state index is 13.4. The minimum absolute atomic E-state index is 0.0893. The van der Waals surface area contributed by atoms with Crippen LogP contribution in [0.3, 0.4) is 0 Å². The number of nitrogens with one attached hydrogen (secondary N) is 1. The molecule has 0 aliphatic heterocycles. The summed E-state index contributed by atoms with van der Waals surface area (Å²) in [5.41, 5.74) is 4.22. The molecule has 0 radical (unpaired) electrons. The van der Waals surface area contributed by atoms with Gasteiger partial charge in [0.05, 0.1) is 23.5 Å². The predicted octanol–water partition coefficient (Wildman–Crippen LogP) is 2.97. The standard InChI is InChI=1S/C12H12ClF3N6/c1-18-10-7(12(14,15)16)8(20-11(17)21-10)6-4-19-22(9(6)13)5-2-3-5/h4-5H,2-3H2,1H3,(H3,17,18,20,21). The number of halogens is 4. The number of rotatable bonds is 3. The fraction of sp³-hybridized carbons (Fsp3) is 0.417. The van der Waals surface area contributed by atoms with Crippen LogP contribution in [-0.4, -0.2) is 26.8 Å². The first-order valence-electron chi connectivity index (χ1n) is 6.48. The van der Waals surface area contributed by atoms with Crippen LogP contribution in [0.15, 0.2) is 6.20 Å². The molecule has 0 aromatic carbocycles. The van der Waals surface area contributed by atoms with Crippen LogP contribution in [-0.2, 0) is 6.18 Å². The van der Waals surface area contributed by atoms with E-state index in [-0.39, 0.29) is 28.4 Å². The van der Waals surface area contributed by atoms with Crippen LogP contribution >= 0.6 is 11.6 Å². The Balaban J connectivity index is 2.23. The Morgan fingerprint density at radius 2 is 2.05 bits per heavy atom. The van der Waals surface area contributed by atoms with Crippen molar-refractivity contribution in [3.63, 3.8) is 0 Å². The van der Waals surface area contributed by atoms with Gasteiger partial charge in [0.1, 0.15) is 16.5 Å². The second-order valence-corrected chi connectivity index (χ2v) is 5.28. The third-order valence-electron chi connectivity index (χ3n) is 3.33. The normalized spacial score (nSPS) is 15.1. The van der Waals surface area contributed by atoms with E-state index in [1.165, 1.54) is 17.9 Å². The highest BCUT2D eigenvalue weighted by atomic mass is 35.5. The van der Waals surface area contributed by atoms with Gasteiger partial charge < -0.3 is 11.1 Å². The lowest BCUT2D eigenvalue weighted by Gasteiger charge is -2.15. The Morgan fingerprint density at radius 3 is 2.59 bits per heavy atom. The molecule has 0 atom stereocenters.